The highest BCUT2D eigenvalue weighted by Crippen LogP contribution is 2.16. The minimum Gasteiger partial charge on any atom is -0.444 e. The van der Waals surface area contributed by atoms with Gasteiger partial charge in [0, 0.05) is 12.1 Å². The number of carbonyl (C=O) groups is 2. The van der Waals surface area contributed by atoms with E-state index in [1.54, 1.807) is 24.3 Å². The Labute approximate surface area is 135 Å². The van der Waals surface area contributed by atoms with Gasteiger partial charge < -0.3 is 9.47 Å². The Morgan fingerprint density at radius 3 is 2.35 bits per heavy atom. The smallest absolute Gasteiger partial charge is 0.411 e. The summed E-state index contributed by atoms with van der Waals surface area (Å²) in [4.78, 5) is 23.1. The molecule has 1 N–H and O–H groups in total. The van der Waals surface area contributed by atoms with Crippen LogP contribution in [0, 0.1) is 0 Å². The van der Waals surface area contributed by atoms with Crippen LogP contribution in [0.5, 0.6) is 5.75 Å². The van der Waals surface area contributed by atoms with Gasteiger partial charge in [-0.05, 0) is 36.2 Å². The van der Waals surface area contributed by atoms with Gasteiger partial charge in [0.15, 0.2) is 0 Å². The number of rotatable bonds is 6. The molecular weight excluding hydrogens is 294 g/mol. The van der Waals surface area contributed by atoms with Gasteiger partial charge in [0.2, 0.25) is 0 Å². The number of hydrogen-bond donors (Lipinski definition) is 1. The highest BCUT2D eigenvalue weighted by atomic mass is 16.5. The molecule has 23 heavy (non-hydrogen) atoms. The van der Waals surface area contributed by atoms with Gasteiger partial charge in [-0.1, -0.05) is 37.3 Å². The molecule has 5 nitrogen and oxygen atoms in total. The molecule has 0 atom stereocenters. The van der Waals surface area contributed by atoms with Crippen molar-refractivity contribution in [2.24, 2.45) is 0 Å². The highest BCUT2D eigenvalue weighted by molar-refractivity contribution is 5.84. The molecule has 2 rings (SSSR count). The molecular formula is C18H19NO4. The fraction of sp³-hybridized carbons (Fsp3) is 0.222. The Bertz CT molecular complexity index is 638. The molecule has 120 valence electrons. The molecule has 0 spiro atoms. The summed E-state index contributed by atoms with van der Waals surface area (Å²) in [5, 5.41) is 2.62. The average Bonchev–Trinajstić information content (AvgIpc) is 2.56. The average molecular weight is 313 g/mol. The Kier molecular flexibility index (Phi) is 6.17. The van der Waals surface area contributed by atoms with Crippen molar-refractivity contribution in [2.45, 2.75) is 26.4 Å². The first kappa shape index (κ1) is 16.5. The second kappa shape index (κ2) is 8.58. The number of hydrogen-bond acceptors (Lipinski definition) is 4. The van der Waals surface area contributed by atoms with Gasteiger partial charge in [-0.15, -0.1) is 0 Å². The van der Waals surface area contributed by atoms with Crippen molar-refractivity contribution in [3.63, 3.8) is 0 Å². The lowest BCUT2D eigenvalue weighted by Crippen LogP contribution is -2.13. The van der Waals surface area contributed by atoms with Crippen LogP contribution in [0.25, 0.3) is 0 Å². The van der Waals surface area contributed by atoms with Gasteiger partial charge in [0.25, 0.3) is 0 Å². The summed E-state index contributed by atoms with van der Waals surface area (Å²) in [6.07, 6.45) is 0.585. The molecule has 2 aromatic rings. The monoisotopic (exact) mass is 313 g/mol. The first-order chi connectivity index (χ1) is 11.2. The standard InChI is InChI=1S/C18H19NO4/c1-2-6-17(20)23-16-11-9-15(10-12-16)19-18(21)22-13-14-7-4-3-5-8-14/h3-5,7-12H,2,6,13H2,1H3,(H,19,21). The molecule has 0 fully saturated rings. The second-order valence-electron chi connectivity index (χ2n) is 4.94. The van der Waals surface area contributed by atoms with Crippen molar-refractivity contribution < 1.29 is 19.1 Å². The van der Waals surface area contributed by atoms with Crippen LogP contribution in [-0.2, 0) is 16.1 Å². The van der Waals surface area contributed by atoms with Crippen LogP contribution < -0.4 is 10.1 Å². The third-order valence-electron chi connectivity index (χ3n) is 3.00. The number of ether oxygens (including phenoxy) is 2. The third kappa shape index (κ3) is 5.82. The van der Waals surface area contributed by atoms with Crippen LogP contribution in [-0.4, -0.2) is 12.1 Å². The van der Waals surface area contributed by atoms with Crippen molar-refractivity contribution in [2.75, 3.05) is 5.32 Å². The van der Waals surface area contributed by atoms with E-state index in [-0.39, 0.29) is 12.6 Å². The van der Waals surface area contributed by atoms with Gasteiger partial charge in [-0.2, -0.15) is 0 Å². The first-order valence-corrected chi connectivity index (χ1v) is 7.46. The zero-order valence-corrected chi connectivity index (χ0v) is 13.0. The molecule has 0 aliphatic carbocycles. The lowest BCUT2D eigenvalue weighted by molar-refractivity contribution is -0.134. The van der Waals surface area contributed by atoms with Crippen LogP contribution in [0.2, 0.25) is 0 Å². The van der Waals surface area contributed by atoms with Crippen molar-refractivity contribution in [1.29, 1.82) is 0 Å². The van der Waals surface area contributed by atoms with Gasteiger partial charge in [-0.25, -0.2) is 4.79 Å². The van der Waals surface area contributed by atoms with Crippen LogP contribution in [0.3, 0.4) is 0 Å². The number of amides is 1. The summed E-state index contributed by atoms with van der Waals surface area (Å²) in [6, 6.07) is 16.0. The van der Waals surface area contributed by atoms with E-state index in [0.717, 1.165) is 12.0 Å². The van der Waals surface area contributed by atoms with Crippen LogP contribution in [0.4, 0.5) is 10.5 Å². The predicted octanol–water partition coefficient (Wildman–Crippen LogP) is 4.14. The van der Waals surface area contributed by atoms with Crippen molar-refractivity contribution in [3.05, 3.63) is 60.2 Å². The fourth-order valence-electron chi connectivity index (χ4n) is 1.87. The quantitative estimate of drug-likeness (QED) is 0.643. The van der Waals surface area contributed by atoms with E-state index in [2.05, 4.69) is 5.32 Å². The van der Waals surface area contributed by atoms with Crippen LogP contribution in [0.15, 0.2) is 54.6 Å². The Balaban J connectivity index is 1.80. The molecule has 0 saturated carbocycles. The first-order valence-electron chi connectivity index (χ1n) is 7.46. The lowest BCUT2D eigenvalue weighted by Gasteiger charge is -2.08. The van der Waals surface area contributed by atoms with E-state index >= 15 is 0 Å². The second-order valence-corrected chi connectivity index (χ2v) is 4.94. The molecule has 2 aromatic carbocycles. The summed E-state index contributed by atoms with van der Waals surface area (Å²) in [6.45, 7) is 2.12. The minimum absolute atomic E-state index is 0.208. The fourth-order valence-corrected chi connectivity index (χ4v) is 1.87. The van der Waals surface area contributed by atoms with E-state index in [1.165, 1.54) is 0 Å². The van der Waals surface area contributed by atoms with Crippen molar-refractivity contribution >= 4 is 17.7 Å². The lowest BCUT2D eigenvalue weighted by atomic mass is 10.2. The molecule has 0 aliphatic heterocycles. The van der Waals surface area contributed by atoms with E-state index in [1.807, 2.05) is 37.3 Å². The summed E-state index contributed by atoms with van der Waals surface area (Å²) >= 11 is 0. The normalized spacial score (nSPS) is 9.96. The zero-order valence-electron chi connectivity index (χ0n) is 13.0. The van der Waals surface area contributed by atoms with Crippen LogP contribution >= 0.6 is 0 Å². The zero-order chi connectivity index (χ0) is 16.5. The van der Waals surface area contributed by atoms with E-state index in [0.29, 0.717) is 17.9 Å². The van der Waals surface area contributed by atoms with E-state index in [9.17, 15) is 9.59 Å². The Hall–Kier alpha value is -2.82. The summed E-state index contributed by atoms with van der Waals surface area (Å²) in [7, 11) is 0. The molecule has 0 heterocycles. The number of benzene rings is 2. The minimum atomic E-state index is -0.537. The largest absolute Gasteiger partial charge is 0.444 e. The number of nitrogens with one attached hydrogen (secondary N) is 1. The Morgan fingerprint density at radius 1 is 1.00 bits per heavy atom. The number of anilines is 1. The topological polar surface area (TPSA) is 64.6 Å². The molecule has 0 bridgehead atoms. The van der Waals surface area contributed by atoms with Gasteiger partial charge >= 0.3 is 12.1 Å². The molecule has 0 aliphatic rings. The van der Waals surface area contributed by atoms with Gasteiger partial charge in [-0.3, -0.25) is 10.1 Å². The molecule has 0 saturated heterocycles. The Morgan fingerprint density at radius 2 is 1.70 bits per heavy atom. The summed E-state index contributed by atoms with van der Waals surface area (Å²) in [5.74, 6) is 0.183. The maximum Gasteiger partial charge on any atom is 0.411 e. The maximum absolute atomic E-state index is 11.7. The van der Waals surface area contributed by atoms with Gasteiger partial charge in [0.1, 0.15) is 12.4 Å². The predicted molar refractivity (Wildman–Crippen MR) is 87.2 cm³/mol. The number of carbonyl (C=O) groups excluding carboxylic acids is 2. The molecule has 0 radical (unpaired) electrons. The van der Waals surface area contributed by atoms with Gasteiger partial charge in [0.05, 0.1) is 0 Å². The van der Waals surface area contributed by atoms with E-state index < -0.39 is 6.09 Å². The maximum atomic E-state index is 11.7. The summed E-state index contributed by atoms with van der Waals surface area (Å²) in [5.41, 5.74) is 1.49. The summed E-state index contributed by atoms with van der Waals surface area (Å²) < 4.78 is 10.3. The molecule has 0 aromatic heterocycles. The molecule has 5 heteroatoms. The molecule has 0 unspecified atom stereocenters. The van der Waals surface area contributed by atoms with Crippen LogP contribution in [0.1, 0.15) is 25.3 Å². The highest BCUT2D eigenvalue weighted by Gasteiger charge is 2.06. The number of esters is 1. The van der Waals surface area contributed by atoms with Crippen molar-refractivity contribution in [1.82, 2.24) is 0 Å². The van der Waals surface area contributed by atoms with Crippen molar-refractivity contribution in [3.8, 4) is 5.75 Å². The third-order valence-corrected chi connectivity index (χ3v) is 3.00. The van der Waals surface area contributed by atoms with E-state index in [4.69, 9.17) is 9.47 Å². The molecule has 1 amide bonds. The SMILES string of the molecule is CCCC(=O)Oc1ccc(NC(=O)OCc2ccccc2)cc1.